The Morgan fingerprint density at radius 1 is 1.21 bits per heavy atom. The van der Waals surface area contributed by atoms with Crippen LogP contribution in [0.2, 0.25) is 0 Å². The van der Waals surface area contributed by atoms with E-state index in [-0.39, 0.29) is 0 Å². The zero-order valence-electron chi connectivity index (χ0n) is 17.1. The summed E-state index contributed by atoms with van der Waals surface area (Å²) >= 11 is 0. The molecule has 29 heavy (non-hydrogen) atoms. The lowest BCUT2D eigenvalue weighted by Crippen LogP contribution is -2.40. The van der Waals surface area contributed by atoms with E-state index in [4.69, 9.17) is 9.73 Å². The van der Waals surface area contributed by atoms with Crippen LogP contribution in [0.15, 0.2) is 53.7 Å². The molecule has 1 N–H and O–H groups in total. The summed E-state index contributed by atoms with van der Waals surface area (Å²) in [4.78, 5) is 7.22. The highest BCUT2D eigenvalue weighted by Crippen LogP contribution is 2.28. The Bertz CT molecular complexity index is 965. The zero-order chi connectivity index (χ0) is 20.1. The molecule has 7 nitrogen and oxygen atoms in total. The van der Waals surface area contributed by atoms with Crippen LogP contribution in [-0.2, 0) is 6.42 Å². The number of aromatic nitrogens is 3. The number of nitrogens with one attached hydrogen (secondary N) is 1. The van der Waals surface area contributed by atoms with Crippen molar-refractivity contribution in [3.05, 3.63) is 60.0 Å². The van der Waals surface area contributed by atoms with E-state index in [0.717, 1.165) is 55.7 Å². The van der Waals surface area contributed by atoms with Crippen LogP contribution in [0.5, 0.6) is 5.75 Å². The third-order valence-electron chi connectivity index (χ3n) is 5.39. The van der Waals surface area contributed by atoms with Crippen LogP contribution in [0.3, 0.4) is 0 Å². The van der Waals surface area contributed by atoms with Gasteiger partial charge in [-0.1, -0.05) is 18.2 Å². The van der Waals surface area contributed by atoms with Crippen molar-refractivity contribution < 1.29 is 4.74 Å². The Balaban J connectivity index is 1.40. The maximum Gasteiger partial charge on any atom is 0.193 e. The Labute approximate surface area is 171 Å². The van der Waals surface area contributed by atoms with Crippen molar-refractivity contribution in [2.75, 3.05) is 33.3 Å². The Hall–Kier alpha value is -3.09. The third-order valence-corrected chi connectivity index (χ3v) is 5.39. The molecule has 4 rings (SSSR count). The quantitative estimate of drug-likeness (QED) is 0.516. The molecule has 0 bridgehead atoms. The Morgan fingerprint density at radius 2 is 2.07 bits per heavy atom. The van der Waals surface area contributed by atoms with E-state index in [1.807, 2.05) is 40.9 Å². The minimum absolute atomic E-state index is 0.519. The van der Waals surface area contributed by atoms with Crippen LogP contribution in [0.25, 0.3) is 5.65 Å². The third kappa shape index (κ3) is 4.34. The number of pyridine rings is 1. The summed E-state index contributed by atoms with van der Waals surface area (Å²) in [5, 5.41) is 12.0. The molecular formula is C22H28N6O. The summed E-state index contributed by atoms with van der Waals surface area (Å²) in [6.45, 7) is 5.64. The van der Waals surface area contributed by atoms with Crippen LogP contribution in [-0.4, -0.2) is 58.7 Å². The van der Waals surface area contributed by atoms with Crippen molar-refractivity contribution in [3.63, 3.8) is 0 Å². The van der Waals surface area contributed by atoms with Gasteiger partial charge in [0.15, 0.2) is 11.6 Å². The van der Waals surface area contributed by atoms with Gasteiger partial charge in [-0.15, -0.1) is 10.2 Å². The summed E-state index contributed by atoms with van der Waals surface area (Å²) in [5.74, 6) is 3.35. The van der Waals surface area contributed by atoms with Crippen LogP contribution in [0, 0.1) is 0 Å². The normalized spacial score (nSPS) is 17.1. The number of hydrogen-bond acceptors (Lipinski definition) is 4. The molecule has 0 spiro atoms. The summed E-state index contributed by atoms with van der Waals surface area (Å²) in [6, 6.07) is 14.4. The molecule has 1 fully saturated rings. The molecule has 1 aliphatic rings. The number of rotatable bonds is 6. The van der Waals surface area contributed by atoms with E-state index in [1.165, 1.54) is 5.56 Å². The van der Waals surface area contributed by atoms with Gasteiger partial charge in [0.05, 0.1) is 7.11 Å². The van der Waals surface area contributed by atoms with Gasteiger partial charge >= 0.3 is 0 Å². The van der Waals surface area contributed by atoms with Crippen molar-refractivity contribution in [1.29, 1.82) is 0 Å². The van der Waals surface area contributed by atoms with E-state index >= 15 is 0 Å². The maximum absolute atomic E-state index is 5.27. The van der Waals surface area contributed by atoms with E-state index in [2.05, 4.69) is 39.5 Å². The average Bonchev–Trinajstić information content (AvgIpc) is 3.41. The SMILES string of the molecule is CCNC(=NCCc1nnc2ccccn12)N1CCC(c2ccc(OC)cc2)C1. The minimum Gasteiger partial charge on any atom is -0.497 e. The molecule has 1 saturated heterocycles. The van der Waals surface area contributed by atoms with Crippen LogP contribution >= 0.6 is 0 Å². The number of aliphatic imine (C=N–C) groups is 1. The molecule has 0 radical (unpaired) electrons. The lowest BCUT2D eigenvalue weighted by molar-refractivity contribution is 0.414. The fourth-order valence-corrected chi connectivity index (χ4v) is 3.85. The number of methoxy groups -OCH3 is 1. The second-order valence-corrected chi connectivity index (χ2v) is 7.24. The van der Waals surface area contributed by atoms with Crippen molar-refractivity contribution in [2.24, 2.45) is 4.99 Å². The Morgan fingerprint density at radius 3 is 2.86 bits per heavy atom. The van der Waals surface area contributed by atoms with Crippen molar-refractivity contribution in [1.82, 2.24) is 24.8 Å². The number of benzene rings is 1. The zero-order valence-corrected chi connectivity index (χ0v) is 17.1. The lowest BCUT2D eigenvalue weighted by Gasteiger charge is -2.21. The monoisotopic (exact) mass is 392 g/mol. The van der Waals surface area contributed by atoms with Gasteiger partial charge in [0.2, 0.25) is 0 Å². The number of hydrogen-bond donors (Lipinski definition) is 1. The number of fused-ring (bicyclic) bond motifs is 1. The molecule has 1 atom stereocenters. The first-order valence-corrected chi connectivity index (χ1v) is 10.2. The van der Waals surface area contributed by atoms with Crippen molar-refractivity contribution in [2.45, 2.75) is 25.7 Å². The largest absolute Gasteiger partial charge is 0.497 e. The number of nitrogens with zero attached hydrogens (tertiary/aromatic N) is 5. The molecule has 1 aliphatic heterocycles. The highest BCUT2D eigenvalue weighted by Gasteiger charge is 2.26. The second-order valence-electron chi connectivity index (χ2n) is 7.24. The van der Waals surface area contributed by atoms with Gasteiger partial charge in [-0.05, 0) is 43.2 Å². The highest BCUT2D eigenvalue weighted by molar-refractivity contribution is 5.80. The molecule has 1 aromatic carbocycles. The minimum atomic E-state index is 0.519. The van der Waals surface area contributed by atoms with Crippen molar-refractivity contribution in [3.8, 4) is 5.75 Å². The van der Waals surface area contributed by atoms with Gasteiger partial charge in [-0.25, -0.2) is 0 Å². The van der Waals surface area contributed by atoms with Crippen LogP contribution < -0.4 is 10.1 Å². The molecular weight excluding hydrogens is 364 g/mol. The second kappa shape index (κ2) is 8.94. The molecule has 152 valence electrons. The fourth-order valence-electron chi connectivity index (χ4n) is 3.85. The lowest BCUT2D eigenvalue weighted by atomic mass is 9.98. The molecule has 0 saturated carbocycles. The maximum atomic E-state index is 5.27. The van der Waals surface area contributed by atoms with Gasteiger partial charge in [-0.3, -0.25) is 9.39 Å². The Kier molecular flexibility index (Phi) is 5.93. The van der Waals surface area contributed by atoms with E-state index in [0.29, 0.717) is 12.5 Å². The first kappa shape index (κ1) is 19.2. The van der Waals surface area contributed by atoms with E-state index < -0.39 is 0 Å². The predicted octanol–water partition coefficient (Wildman–Crippen LogP) is 2.74. The molecule has 1 unspecified atom stereocenters. The highest BCUT2D eigenvalue weighted by atomic mass is 16.5. The van der Waals surface area contributed by atoms with Crippen molar-refractivity contribution >= 4 is 11.6 Å². The van der Waals surface area contributed by atoms with Crippen LogP contribution in [0.1, 0.15) is 30.7 Å². The standard InChI is InChI=1S/C22H28N6O/c1-3-23-22(24-13-11-21-26-25-20-6-4-5-14-28(20)21)27-15-12-18(16-27)17-7-9-19(29-2)10-8-17/h4-10,14,18H,3,11-13,15-16H2,1-2H3,(H,23,24). The number of guanidine groups is 1. The van der Waals surface area contributed by atoms with Gasteiger partial charge < -0.3 is 15.0 Å². The van der Waals surface area contributed by atoms with E-state index in [1.54, 1.807) is 7.11 Å². The number of likely N-dealkylation sites (tertiary alicyclic amines) is 1. The average molecular weight is 393 g/mol. The van der Waals surface area contributed by atoms with Gasteiger partial charge in [-0.2, -0.15) is 0 Å². The van der Waals surface area contributed by atoms with E-state index in [9.17, 15) is 0 Å². The smallest absolute Gasteiger partial charge is 0.193 e. The topological polar surface area (TPSA) is 67.0 Å². The predicted molar refractivity (Wildman–Crippen MR) is 115 cm³/mol. The molecule has 2 aromatic heterocycles. The van der Waals surface area contributed by atoms with Crippen LogP contribution in [0.4, 0.5) is 0 Å². The summed E-state index contributed by atoms with van der Waals surface area (Å²) < 4.78 is 7.30. The first-order valence-electron chi connectivity index (χ1n) is 10.2. The summed E-state index contributed by atoms with van der Waals surface area (Å²) in [5.41, 5.74) is 2.24. The molecule has 0 aliphatic carbocycles. The molecule has 3 aromatic rings. The molecule has 0 amide bonds. The first-order chi connectivity index (χ1) is 14.3. The summed E-state index contributed by atoms with van der Waals surface area (Å²) in [7, 11) is 1.70. The van der Waals surface area contributed by atoms with Gasteiger partial charge in [0, 0.05) is 44.7 Å². The summed E-state index contributed by atoms with van der Waals surface area (Å²) in [6.07, 6.45) is 3.89. The molecule has 7 heteroatoms. The fraction of sp³-hybridized carbons (Fsp3) is 0.409. The van der Waals surface area contributed by atoms with Gasteiger partial charge in [0.1, 0.15) is 11.6 Å². The van der Waals surface area contributed by atoms with Gasteiger partial charge in [0.25, 0.3) is 0 Å². The molecule has 3 heterocycles. The number of ether oxygens (including phenoxy) is 1.